The number of aliphatic hydroxyl groups is 1. The summed E-state index contributed by atoms with van der Waals surface area (Å²) in [4.78, 5) is 5.25. The van der Waals surface area contributed by atoms with Gasteiger partial charge in [0.15, 0.2) is 5.60 Å². The molecule has 3 rings (SSSR count). The quantitative estimate of drug-likeness (QED) is 0.452. The van der Waals surface area contributed by atoms with Crippen LogP contribution in [0.2, 0.25) is 0 Å². The van der Waals surface area contributed by atoms with E-state index in [1.165, 1.54) is 0 Å². The van der Waals surface area contributed by atoms with Crippen LogP contribution in [0.5, 0.6) is 0 Å². The van der Waals surface area contributed by atoms with Crippen molar-refractivity contribution in [3.8, 4) is 0 Å². The molecule has 6 unspecified atom stereocenters. The van der Waals surface area contributed by atoms with Crippen LogP contribution >= 0.6 is 0 Å². The van der Waals surface area contributed by atoms with Gasteiger partial charge in [0.1, 0.15) is 6.04 Å². The second kappa shape index (κ2) is 1.85. The number of hydroxylamine groups is 2. The van der Waals surface area contributed by atoms with E-state index in [1.54, 1.807) is 0 Å². The van der Waals surface area contributed by atoms with Crippen LogP contribution in [0.1, 0.15) is 19.8 Å². The molecule has 0 aromatic heterocycles. The van der Waals surface area contributed by atoms with E-state index in [2.05, 4.69) is 0 Å². The maximum atomic E-state index is 11.3. The Kier molecular flexibility index (Phi) is 1.12. The van der Waals surface area contributed by atoms with Gasteiger partial charge in [-0.25, -0.2) is 5.23 Å². The third kappa shape index (κ3) is 0.567. The highest BCUT2D eigenvalue weighted by molar-refractivity contribution is 5.11. The third-order valence-corrected chi connectivity index (χ3v) is 3.99. The molecule has 0 amide bonds. The number of aliphatic hydroxyl groups excluding tert-OH is 1. The Morgan fingerprint density at radius 3 is 2.92 bits per heavy atom. The van der Waals surface area contributed by atoms with E-state index in [0.717, 1.165) is 12.8 Å². The van der Waals surface area contributed by atoms with Gasteiger partial charge in [0.25, 0.3) is 0 Å². The van der Waals surface area contributed by atoms with Crippen molar-refractivity contribution in [2.45, 2.75) is 37.5 Å². The average molecular weight is 171 g/mol. The Labute approximate surface area is 70.6 Å². The SMILES string of the molecule is CC12O[NH+]([O-])C3CC(CC31)C2O. The number of hydrogen-bond acceptors (Lipinski definition) is 3. The van der Waals surface area contributed by atoms with Gasteiger partial charge in [-0.3, -0.25) is 0 Å². The maximum Gasteiger partial charge on any atom is 0.159 e. The van der Waals surface area contributed by atoms with Gasteiger partial charge in [-0.05, 0) is 19.3 Å². The van der Waals surface area contributed by atoms with Crippen LogP contribution in [-0.2, 0) is 4.84 Å². The molecule has 0 spiro atoms. The summed E-state index contributed by atoms with van der Waals surface area (Å²) in [6, 6.07) is 0.100. The largest absolute Gasteiger partial charge is 0.600 e. The summed E-state index contributed by atoms with van der Waals surface area (Å²) in [5.74, 6) is 0.612. The topological polar surface area (TPSA) is 57.0 Å². The number of rotatable bonds is 0. The van der Waals surface area contributed by atoms with Gasteiger partial charge in [0, 0.05) is 6.42 Å². The van der Waals surface area contributed by atoms with Crippen molar-refractivity contribution in [3.05, 3.63) is 5.21 Å². The molecular weight excluding hydrogens is 158 g/mol. The van der Waals surface area contributed by atoms with Crippen LogP contribution < -0.4 is 5.23 Å². The predicted octanol–water partition coefficient (Wildman–Crippen LogP) is -1.16. The molecule has 3 aliphatic rings. The number of quaternary nitrogens is 1. The van der Waals surface area contributed by atoms with Crippen LogP contribution in [0, 0.1) is 17.0 Å². The van der Waals surface area contributed by atoms with Gasteiger partial charge in [-0.15, -0.1) is 0 Å². The third-order valence-electron chi connectivity index (χ3n) is 3.99. The molecule has 12 heavy (non-hydrogen) atoms. The summed E-state index contributed by atoms with van der Waals surface area (Å²) in [6.07, 6.45) is 1.42. The Hall–Kier alpha value is -0.160. The van der Waals surface area contributed by atoms with Crippen molar-refractivity contribution in [2.75, 3.05) is 0 Å². The molecule has 0 aromatic carbocycles. The Morgan fingerprint density at radius 2 is 2.33 bits per heavy atom. The van der Waals surface area contributed by atoms with Crippen LogP contribution in [0.3, 0.4) is 0 Å². The first-order valence-corrected chi connectivity index (χ1v) is 4.54. The molecule has 0 radical (unpaired) electrons. The fourth-order valence-electron chi connectivity index (χ4n) is 3.34. The summed E-state index contributed by atoms with van der Waals surface area (Å²) < 4.78 is 0. The lowest BCUT2D eigenvalue weighted by Crippen LogP contribution is -3.08. The fraction of sp³-hybridized carbons (Fsp3) is 1.00. The molecule has 3 fully saturated rings. The maximum absolute atomic E-state index is 11.3. The van der Waals surface area contributed by atoms with Gasteiger partial charge < -0.3 is 10.3 Å². The minimum atomic E-state index is -0.537. The molecule has 68 valence electrons. The highest BCUT2D eigenvalue weighted by Crippen LogP contribution is 2.53. The number of fused-ring (bicyclic) bond motifs is 1. The normalized spacial score (nSPS) is 67.8. The molecule has 1 heterocycles. The Morgan fingerprint density at radius 1 is 1.58 bits per heavy atom. The van der Waals surface area contributed by atoms with Gasteiger partial charge in [-0.1, -0.05) is 0 Å². The number of nitrogens with one attached hydrogen (secondary N) is 1. The van der Waals surface area contributed by atoms with Crippen LogP contribution in [0.4, 0.5) is 0 Å². The first-order chi connectivity index (χ1) is 5.63. The van der Waals surface area contributed by atoms with Gasteiger partial charge >= 0.3 is 0 Å². The zero-order valence-electron chi connectivity index (χ0n) is 6.99. The van der Waals surface area contributed by atoms with E-state index in [1.807, 2.05) is 6.92 Å². The zero-order chi connectivity index (χ0) is 8.51. The zero-order valence-corrected chi connectivity index (χ0v) is 6.99. The lowest BCUT2D eigenvalue weighted by Gasteiger charge is -2.27. The van der Waals surface area contributed by atoms with Gasteiger partial charge in [0.2, 0.25) is 0 Å². The molecule has 0 aromatic rings. The van der Waals surface area contributed by atoms with Crippen LogP contribution in [-0.4, -0.2) is 22.9 Å². The average Bonchev–Trinajstić information content (AvgIpc) is 2.56. The Bertz CT molecular complexity index is 232. The lowest BCUT2D eigenvalue weighted by atomic mass is 9.82. The molecule has 6 atom stereocenters. The highest BCUT2D eigenvalue weighted by Gasteiger charge is 2.69. The van der Waals surface area contributed by atoms with Crippen molar-refractivity contribution in [3.63, 3.8) is 0 Å². The number of hydrogen-bond donors (Lipinski definition) is 2. The first-order valence-electron chi connectivity index (χ1n) is 4.54. The minimum absolute atomic E-state index is 0.0819. The molecular formula is C8H13NO3. The molecule has 4 nitrogen and oxygen atoms in total. The summed E-state index contributed by atoms with van der Waals surface area (Å²) >= 11 is 0. The summed E-state index contributed by atoms with van der Waals surface area (Å²) in [5, 5.41) is 21.0. The van der Waals surface area contributed by atoms with E-state index < -0.39 is 11.7 Å². The molecule has 2 bridgehead atoms. The van der Waals surface area contributed by atoms with Gasteiger partial charge in [0.05, 0.1) is 12.0 Å². The van der Waals surface area contributed by atoms with Crippen molar-refractivity contribution in [2.24, 2.45) is 11.8 Å². The molecule has 1 saturated heterocycles. The van der Waals surface area contributed by atoms with Gasteiger partial charge in [-0.2, -0.15) is 4.84 Å². The summed E-state index contributed by atoms with van der Waals surface area (Å²) in [5.41, 5.74) is -0.537. The minimum Gasteiger partial charge on any atom is -0.600 e. The smallest absolute Gasteiger partial charge is 0.159 e. The van der Waals surface area contributed by atoms with Crippen LogP contribution in [0.15, 0.2) is 0 Å². The van der Waals surface area contributed by atoms with E-state index in [0.29, 0.717) is 11.8 Å². The summed E-state index contributed by atoms with van der Waals surface area (Å²) in [6.45, 7) is 1.87. The van der Waals surface area contributed by atoms with E-state index >= 15 is 0 Å². The summed E-state index contributed by atoms with van der Waals surface area (Å²) in [7, 11) is 0. The second-order valence-electron chi connectivity index (χ2n) is 4.49. The second-order valence-corrected chi connectivity index (χ2v) is 4.49. The Balaban J connectivity index is 2.05. The molecule has 2 aliphatic carbocycles. The predicted molar refractivity (Wildman–Crippen MR) is 39.8 cm³/mol. The molecule has 2 N–H and O–H groups in total. The highest BCUT2D eigenvalue weighted by atomic mass is 16.9. The molecule has 2 saturated carbocycles. The van der Waals surface area contributed by atoms with E-state index in [4.69, 9.17) is 4.84 Å². The standard InChI is InChI=1S/C8H13NO3/c1-8-5-2-4(7(8)10)3-6(5)9(11)12-8/h4-7,9-10H,2-3H2,1H3. The van der Waals surface area contributed by atoms with Crippen molar-refractivity contribution >= 4 is 0 Å². The van der Waals surface area contributed by atoms with Crippen molar-refractivity contribution in [1.82, 2.24) is 0 Å². The lowest BCUT2D eigenvalue weighted by molar-refractivity contribution is -1.06. The first kappa shape index (κ1) is 7.26. The molecule has 1 aliphatic heterocycles. The van der Waals surface area contributed by atoms with Crippen molar-refractivity contribution in [1.29, 1.82) is 0 Å². The fourth-order valence-corrected chi connectivity index (χ4v) is 3.34. The van der Waals surface area contributed by atoms with Crippen molar-refractivity contribution < 1.29 is 15.2 Å². The molecule has 4 heteroatoms. The van der Waals surface area contributed by atoms with E-state index in [-0.39, 0.29) is 11.3 Å². The van der Waals surface area contributed by atoms with E-state index in [9.17, 15) is 10.3 Å². The van der Waals surface area contributed by atoms with Crippen LogP contribution in [0.25, 0.3) is 0 Å². The monoisotopic (exact) mass is 171 g/mol.